The van der Waals surface area contributed by atoms with E-state index in [1.807, 2.05) is 41.3 Å². The third kappa shape index (κ3) is 3.68. The molecule has 0 bridgehead atoms. The number of hydrogen-bond donors (Lipinski definition) is 1. The van der Waals surface area contributed by atoms with Gasteiger partial charge in [0.05, 0.1) is 12.0 Å². The summed E-state index contributed by atoms with van der Waals surface area (Å²) in [6, 6.07) is 16.9. The lowest BCUT2D eigenvalue weighted by molar-refractivity contribution is 0.0707. The van der Waals surface area contributed by atoms with Crippen LogP contribution in [-0.2, 0) is 0 Å². The summed E-state index contributed by atoms with van der Waals surface area (Å²) in [4.78, 5) is 23.0. The van der Waals surface area contributed by atoms with Crippen LogP contribution in [0.15, 0.2) is 77.7 Å². The van der Waals surface area contributed by atoms with Crippen molar-refractivity contribution in [3.8, 4) is 17.1 Å². The van der Waals surface area contributed by atoms with Gasteiger partial charge in [0.15, 0.2) is 11.5 Å². The van der Waals surface area contributed by atoms with Gasteiger partial charge in [-0.25, -0.2) is 9.67 Å². The molecule has 0 aliphatic carbocycles. The monoisotopic (exact) mass is 471 g/mol. The molecule has 7 nitrogen and oxygen atoms in total. The molecule has 170 valence electrons. The number of carbonyl (C=O) groups excluding carboxylic acids is 1. The molecular weight excluding hydrogens is 450 g/mol. The number of aromatic amines is 1. The van der Waals surface area contributed by atoms with Crippen molar-refractivity contribution in [2.45, 2.75) is 18.8 Å². The van der Waals surface area contributed by atoms with Crippen LogP contribution < -0.4 is 0 Å². The number of likely N-dealkylation sites (tertiary alicyclic amines) is 1. The summed E-state index contributed by atoms with van der Waals surface area (Å²) in [5.41, 5.74) is 4.05. The van der Waals surface area contributed by atoms with Gasteiger partial charge < -0.3 is 14.3 Å². The number of hydrogen-bond acceptors (Lipinski definition) is 4. The van der Waals surface area contributed by atoms with E-state index >= 15 is 0 Å². The number of pyridine rings is 1. The number of halogens is 1. The van der Waals surface area contributed by atoms with Crippen molar-refractivity contribution in [1.82, 2.24) is 24.6 Å². The molecule has 0 unspecified atom stereocenters. The molecule has 0 radical (unpaired) electrons. The molecule has 1 saturated heterocycles. The smallest absolute Gasteiger partial charge is 0.274 e. The van der Waals surface area contributed by atoms with Crippen LogP contribution in [0, 0.1) is 0 Å². The number of rotatable bonds is 4. The summed E-state index contributed by atoms with van der Waals surface area (Å²) in [5.74, 6) is 0.954. The maximum atomic E-state index is 13.4. The summed E-state index contributed by atoms with van der Waals surface area (Å²) in [7, 11) is 0. The molecule has 5 aromatic rings. The first-order valence-electron chi connectivity index (χ1n) is 11.3. The molecule has 1 amide bonds. The summed E-state index contributed by atoms with van der Waals surface area (Å²) in [6.07, 6.45) is 7.25. The average Bonchev–Trinajstić information content (AvgIpc) is 3.63. The van der Waals surface area contributed by atoms with E-state index in [0.717, 1.165) is 29.6 Å². The zero-order valence-corrected chi connectivity index (χ0v) is 19.1. The normalized spacial score (nSPS) is 14.7. The van der Waals surface area contributed by atoms with Gasteiger partial charge in [-0.15, -0.1) is 0 Å². The highest BCUT2D eigenvalue weighted by molar-refractivity contribution is 6.30. The Morgan fingerprint density at radius 2 is 1.97 bits per heavy atom. The SMILES string of the molecule is O=C(c1cc(-c2ccco2)n(-c2cccc(Cl)c2)n1)N1CCC(c2c[nH]c3ncccc23)CC1. The fourth-order valence-corrected chi connectivity index (χ4v) is 4.95. The maximum absolute atomic E-state index is 13.4. The third-order valence-electron chi connectivity index (χ3n) is 6.46. The Kier molecular flexibility index (Phi) is 5.19. The average molecular weight is 472 g/mol. The quantitative estimate of drug-likeness (QED) is 0.365. The molecule has 0 saturated carbocycles. The van der Waals surface area contributed by atoms with Gasteiger partial charge in [0.25, 0.3) is 5.91 Å². The van der Waals surface area contributed by atoms with Gasteiger partial charge >= 0.3 is 0 Å². The first-order valence-corrected chi connectivity index (χ1v) is 11.7. The molecule has 1 aliphatic rings. The van der Waals surface area contributed by atoms with E-state index in [0.29, 0.717) is 41.2 Å². The van der Waals surface area contributed by atoms with Crippen LogP contribution in [0.2, 0.25) is 5.02 Å². The molecule has 8 heteroatoms. The lowest BCUT2D eigenvalue weighted by Crippen LogP contribution is -2.38. The molecule has 34 heavy (non-hydrogen) atoms. The second kappa shape index (κ2) is 8.50. The molecule has 1 fully saturated rings. The van der Waals surface area contributed by atoms with E-state index in [9.17, 15) is 4.79 Å². The van der Waals surface area contributed by atoms with Gasteiger partial charge in [0.2, 0.25) is 0 Å². The topological polar surface area (TPSA) is 80.0 Å². The van der Waals surface area contributed by atoms with Crippen LogP contribution in [0.25, 0.3) is 28.2 Å². The minimum atomic E-state index is -0.0763. The molecule has 1 aromatic carbocycles. The lowest BCUT2D eigenvalue weighted by atomic mass is 9.89. The summed E-state index contributed by atoms with van der Waals surface area (Å²) < 4.78 is 7.33. The molecule has 0 spiro atoms. The Morgan fingerprint density at radius 3 is 2.76 bits per heavy atom. The van der Waals surface area contributed by atoms with E-state index in [4.69, 9.17) is 16.0 Å². The molecular formula is C26H22ClN5O2. The Labute approximate surface area is 201 Å². The number of fused-ring (bicyclic) bond motifs is 1. The van der Waals surface area contributed by atoms with Crippen molar-refractivity contribution in [1.29, 1.82) is 0 Å². The number of benzene rings is 1. The number of H-pyrrole nitrogens is 1. The number of nitrogens with zero attached hydrogens (tertiary/aromatic N) is 4. The molecule has 4 aromatic heterocycles. The molecule has 5 heterocycles. The van der Waals surface area contributed by atoms with Crippen molar-refractivity contribution >= 4 is 28.5 Å². The van der Waals surface area contributed by atoms with Gasteiger partial charge in [-0.3, -0.25) is 4.79 Å². The van der Waals surface area contributed by atoms with Crippen LogP contribution in [0.3, 0.4) is 0 Å². The number of aromatic nitrogens is 4. The summed E-state index contributed by atoms with van der Waals surface area (Å²) >= 11 is 6.21. The van der Waals surface area contributed by atoms with Crippen LogP contribution in [0.1, 0.15) is 34.8 Å². The van der Waals surface area contributed by atoms with E-state index < -0.39 is 0 Å². The highest BCUT2D eigenvalue weighted by Crippen LogP contribution is 2.33. The number of furan rings is 1. The Hall–Kier alpha value is -3.84. The predicted octanol–water partition coefficient (Wildman–Crippen LogP) is 5.68. The standard InChI is InChI=1S/C26H22ClN5O2/c27-18-4-1-5-19(14-18)32-23(24-7-3-13-34-24)15-22(30-32)26(33)31-11-8-17(9-12-31)21-16-29-25-20(21)6-2-10-28-25/h1-7,10,13-17H,8-9,11-12H2,(H,28,29). The number of nitrogens with one attached hydrogen (secondary N) is 1. The van der Waals surface area contributed by atoms with E-state index in [1.54, 1.807) is 29.3 Å². The Bertz CT molecular complexity index is 1460. The summed E-state index contributed by atoms with van der Waals surface area (Å²) in [5, 5.41) is 6.42. The van der Waals surface area contributed by atoms with Crippen molar-refractivity contribution in [2.75, 3.05) is 13.1 Å². The van der Waals surface area contributed by atoms with Gasteiger partial charge in [-0.2, -0.15) is 5.10 Å². The number of amides is 1. The summed E-state index contributed by atoms with van der Waals surface area (Å²) in [6.45, 7) is 1.35. The fraction of sp³-hybridized carbons (Fsp3) is 0.192. The van der Waals surface area contributed by atoms with Crippen LogP contribution in [0.4, 0.5) is 0 Å². The Morgan fingerprint density at radius 1 is 1.09 bits per heavy atom. The highest BCUT2D eigenvalue weighted by Gasteiger charge is 2.28. The van der Waals surface area contributed by atoms with Crippen LogP contribution in [-0.4, -0.2) is 43.6 Å². The second-order valence-electron chi connectivity index (χ2n) is 8.49. The van der Waals surface area contributed by atoms with Gasteiger partial charge in [-0.05, 0) is 66.8 Å². The second-order valence-corrected chi connectivity index (χ2v) is 8.93. The zero-order valence-electron chi connectivity index (χ0n) is 18.3. The van der Waals surface area contributed by atoms with Gasteiger partial charge in [-0.1, -0.05) is 17.7 Å². The maximum Gasteiger partial charge on any atom is 0.274 e. The van der Waals surface area contributed by atoms with Crippen LogP contribution >= 0.6 is 11.6 Å². The fourth-order valence-electron chi connectivity index (χ4n) is 4.76. The molecule has 1 N–H and O–H groups in total. The molecule has 0 atom stereocenters. The molecule has 6 rings (SSSR count). The first kappa shape index (κ1) is 20.7. The minimum Gasteiger partial charge on any atom is -0.463 e. The number of carbonyl (C=O) groups is 1. The van der Waals surface area contributed by atoms with Crippen molar-refractivity contribution < 1.29 is 9.21 Å². The van der Waals surface area contributed by atoms with Crippen molar-refractivity contribution in [3.63, 3.8) is 0 Å². The van der Waals surface area contributed by atoms with Crippen LogP contribution in [0.5, 0.6) is 0 Å². The predicted molar refractivity (Wildman–Crippen MR) is 130 cm³/mol. The van der Waals surface area contributed by atoms with E-state index in [2.05, 4.69) is 27.3 Å². The van der Waals surface area contributed by atoms with Crippen molar-refractivity contribution in [3.05, 3.63) is 89.5 Å². The minimum absolute atomic E-state index is 0.0763. The Balaban J connectivity index is 1.25. The highest BCUT2D eigenvalue weighted by atomic mass is 35.5. The van der Waals surface area contributed by atoms with Crippen molar-refractivity contribution in [2.24, 2.45) is 0 Å². The third-order valence-corrected chi connectivity index (χ3v) is 6.70. The molecule has 1 aliphatic heterocycles. The van der Waals surface area contributed by atoms with E-state index in [1.165, 1.54) is 5.56 Å². The lowest BCUT2D eigenvalue weighted by Gasteiger charge is -2.31. The van der Waals surface area contributed by atoms with Gasteiger partial charge in [0.1, 0.15) is 11.3 Å². The zero-order chi connectivity index (χ0) is 23.1. The van der Waals surface area contributed by atoms with Gasteiger partial charge in [0, 0.05) is 42.0 Å². The number of piperidine rings is 1. The van der Waals surface area contributed by atoms with E-state index in [-0.39, 0.29) is 5.91 Å². The first-order chi connectivity index (χ1) is 16.7. The largest absolute Gasteiger partial charge is 0.463 e.